The van der Waals surface area contributed by atoms with Crippen LogP contribution in [0.25, 0.3) is 0 Å². The van der Waals surface area contributed by atoms with Crippen molar-refractivity contribution in [3.8, 4) is 5.75 Å². The first-order valence-electron chi connectivity index (χ1n) is 10.6. The molecule has 1 unspecified atom stereocenters. The lowest BCUT2D eigenvalue weighted by Gasteiger charge is -2.33. The van der Waals surface area contributed by atoms with Gasteiger partial charge in [0.05, 0.1) is 12.1 Å². The summed E-state index contributed by atoms with van der Waals surface area (Å²) < 4.78 is 18.4. The van der Waals surface area contributed by atoms with E-state index in [1.165, 1.54) is 12.1 Å². The number of benzene rings is 2. The molecule has 1 atom stereocenters. The molecule has 1 heterocycles. The number of aryl methyl sites for hydroxylation is 1. The van der Waals surface area contributed by atoms with Crippen molar-refractivity contribution in [2.45, 2.75) is 38.5 Å². The summed E-state index contributed by atoms with van der Waals surface area (Å²) in [6.07, 6.45) is 3.96. The van der Waals surface area contributed by atoms with Gasteiger partial charge in [0, 0.05) is 31.6 Å². The Balaban J connectivity index is 1.43. The predicted molar refractivity (Wildman–Crippen MR) is 120 cm³/mol. The zero-order valence-corrected chi connectivity index (χ0v) is 18.5. The molecule has 1 aliphatic heterocycles. The van der Waals surface area contributed by atoms with Crippen LogP contribution >= 0.6 is 11.6 Å². The van der Waals surface area contributed by atoms with Crippen molar-refractivity contribution in [2.24, 2.45) is 5.92 Å². The van der Waals surface area contributed by atoms with Gasteiger partial charge in [0.25, 0.3) is 0 Å². The van der Waals surface area contributed by atoms with Gasteiger partial charge in [0.15, 0.2) is 0 Å². The quantitative estimate of drug-likeness (QED) is 0.615. The molecular formula is C24H28ClFN2O3. The number of amides is 2. The SMILES string of the molecule is COc1ccc(NC(=O)CCC2CCCN(C(=O)CCc3cccc(F)c3)C2)cc1Cl. The van der Waals surface area contributed by atoms with Gasteiger partial charge in [-0.2, -0.15) is 0 Å². The fourth-order valence-corrected chi connectivity index (χ4v) is 4.19. The Morgan fingerprint density at radius 2 is 2.06 bits per heavy atom. The summed E-state index contributed by atoms with van der Waals surface area (Å²) in [4.78, 5) is 26.8. The number of carbonyl (C=O) groups is 2. The minimum Gasteiger partial charge on any atom is -0.495 e. The molecule has 0 spiro atoms. The Morgan fingerprint density at radius 3 is 2.81 bits per heavy atom. The van der Waals surface area contributed by atoms with Crippen molar-refractivity contribution in [3.63, 3.8) is 0 Å². The van der Waals surface area contributed by atoms with Crippen LogP contribution in [-0.4, -0.2) is 36.9 Å². The van der Waals surface area contributed by atoms with E-state index < -0.39 is 0 Å². The molecule has 2 aromatic rings. The lowest BCUT2D eigenvalue weighted by Crippen LogP contribution is -2.40. The average molecular weight is 447 g/mol. The lowest BCUT2D eigenvalue weighted by molar-refractivity contribution is -0.133. The van der Waals surface area contributed by atoms with Gasteiger partial charge in [-0.05, 0) is 67.5 Å². The first-order chi connectivity index (χ1) is 14.9. The zero-order valence-electron chi connectivity index (χ0n) is 17.7. The van der Waals surface area contributed by atoms with E-state index in [9.17, 15) is 14.0 Å². The van der Waals surface area contributed by atoms with E-state index in [-0.39, 0.29) is 17.6 Å². The second-order valence-electron chi connectivity index (χ2n) is 7.91. The highest BCUT2D eigenvalue weighted by molar-refractivity contribution is 6.32. The summed E-state index contributed by atoms with van der Waals surface area (Å²) in [6, 6.07) is 11.5. The van der Waals surface area contributed by atoms with Crippen LogP contribution < -0.4 is 10.1 Å². The van der Waals surface area contributed by atoms with Crippen LogP contribution in [0, 0.1) is 11.7 Å². The maximum absolute atomic E-state index is 13.3. The molecule has 3 rings (SSSR count). The van der Waals surface area contributed by atoms with Crippen LogP contribution in [0.2, 0.25) is 5.02 Å². The fourth-order valence-electron chi connectivity index (χ4n) is 3.93. The van der Waals surface area contributed by atoms with Crippen molar-refractivity contribution in [2.75, 3.05) is 25.5 Å². The summed E-state index contributed by atoms with van der Waals surface area (Å²) in [5, 5.41) is 3.30. The number of piperidine rings is 1. The van der Waals surface area contributed by atoms with Crippen LogP contribution in [-0.2, 0) is 16.0 Å². The molecule has 1 aliphatic rings. The first kappa shape index (κ1) is 23.1. The molecule has 0 radical (unpaired) electrons. The molecule has 7 heteroatoms. The third-order valence-electron chi connectivity index (χ3n) is 5.60. The fraction of sp³-hybridized carbons (Fsp3) is 0.417. The summed E-state index contributed by atoms with van der Waals surface area (Å²) >= 11 is 6.10. The molecule has 1 N–H and O–H groups in total. The third-order valence-corrected chi connectivity index (χ3v) is 5.90. The van der Waals surface area contributed by atoms with Crippen LogP contribution in [0.3, 0.4) is 0 Å². The molecule has 0 bridgehead atoms. The van der Waals surface area contributed by atoms with Crippen molar-refractivity contribution >= 4 is 29.1 Å². The molecule has 2 amide bonds. The number of rotatable bonds is 8. The van der Waals surface area contributed by atoms with Gasteiger partial charge >= 0.3 is 0 Å². The number of methoxy groups -OCH3 is 1. The third kappa shape index (κ3) is 6.96. The maximum Gasteiger partial charge on any atom is 0.224 e. The molecular weight excluding hydrogens is 419 g/mol. The highest BCUT2D eigenvalue weighted by Crippen LogP contribution is 2.27. The van der Waals surface area contributed by atoms with Gasteiger partial charge in [-0.1, -0.05) is 23.7 Å². The maximum atomic E-state index is 13.3. The van der Waals surface area contributed by atoms with Crippen LogP contribution in [0.4, 0.5) is 10.1 Å². The Labute approximate surface area is 187 Å². The smallest absolute Gasteiger partial charge is 0.224 e. The standard InChI is InChI=1S/C24H28ClFN2O3/c1-31-22-10-9-20(15-21(22)25)27-23(29)11-7-18-5-3-13-28(16-18)24(30)12-8-17-4-2-6-19(26)14-17/h2,4,6,9-10,14-15,18H,3,5,7-8,11-13,16H2,1H3,(H,27,29). The highest BCUT2D eigenvalue weighted by atomic mass is 35.5. The van der Waals surface area contributed by atoms with E-state index in [2.05, 4.69) is 5.32 Å². The van der Waals surface area contributed by atoms with E-state index in [1.807, 2.05) is 11.0 Å². The Bertz CT molecular complexity index is 921. The number of ether oxygens (including phenoxy) is 1. The number of hydrogen-bond donors (Lipinski definition) is 1. The summed E-state index contributed by atoms with van der Waals surface area (Å²) in [6.45, 7) is 1.42. The number of likely N-dealkylation sites (tertiary alicyclic amines) is 1. The Kier molecular flexibility index (Phi) is 8.29. The monoisotopic (exact) mass is 446 g/mol. The van der Waals surface area contributed by atoms with Crippen LogP contribution in [0.5, 0.6) is 5.75 Å². The number of nitrogens with one attached hydrogen (secondary N) is 1. The molecule has 0 saturated carbocycles. The topological polar surface area (TPSA) is 58.6 Å². The second-order valence-corrected chi connectivity index (χ2v) is 8.32. The van der Waals surface area contributed by atoms with Gasteiger partial charge in [0.1, 0.15) is 11.6 Å². The molecule has 0 aromatic heterocycles. The summed E-state index contributed by atoms with van der Waals surface area (Å²) in [5.41, 5.74) is 1.46. The van der Waals surface area contributed by atoms with E-state index in [4.69, 9.17) is 16.3 Å². The van der Waals surface area contributed by atoms with Crippen LogP contribution in [0.15, 0.2) is 42.5 Å². The van der Waals surface area contributed by atoms with Crippen molar-refractivity contribution in [1.29, 1.82) is 0 Å². The minimum absolute atomic E-state index is 0.0733. The van der Waals surface area contributed by atoms with E-state index in [0.29, 0.717) is 48.2 Å². The lowest BCUT2D eigenvalue weighted by atomic mass is 9.93. The normalized spacial score (nSPS) is 16.1. The van der Waals surface area contributed by atoms with Gasteiger partial charge in [0.2, 0.25) is 11.8 Å². The van der Waals surface area contributed by atoms with E-state index >= 15 is 0 Å². The number of halogens is 2. The van der Waals surface area contributed by atoms with E-state index in [0.717, 1.165) is 31.4 Å². The number of anilines is 1. The number of hydrogen-bond acceptors (Lipinski definition) is 3. The zero-order chi connectivity index (χ0) is 22.2. The molecule has 31 heavy (non-hydrogen) atoms. The summed E-state index contributed by atoms with van der Waals surface area (Å²) in [7, 11) is 1.54. The van der Waals surface area contributed by atoms with Crippen molar-refractivity contribution in [1.82, 2.24) is 4.90 Å². The molecule has 0 aliphatic carbocycles. The predicted octanol–water partition coefficient (Wildman–Crippen LogP) is 5.08. The second kappa shape index (κ2) is 11.1. The first-order valence-corrected chi connectivity index (χ1v) is 11.0. The Morgan fingerprint density at radius 1 is 1.23 bits per heavy atom. The molecule has 5 nitrogen and oxygen atoms in total. The van der Waals surface area contributed by atoms with Gasteiger partial charge in [-0.15, -0.1) is 0 Å². The van der Waals surface area contributed by atoms with Gasteiger partial charge < -0.3 is 15.0 Å². The van der Waals surface area contributed by atoms with Crippen molar-refractivity contribution in [3.05, 3.63) is 58.9 Å². The molecule has 166 valence electrons. The minimum atomic E-state index is -0.279. The number of carbonyl (C=O) groups excluding carboxylic acids is 2. The summed E-state index contributed by atoms with van der Waals surface area (Å²) in [5.74, 6) is 0.598. The average Bonchev–Trinajstić information content (AvgIpc) is 2.76. The van der Waals surface area contributed by atoms with Crippen molar-refractivity contribution < 1.29 is 18.7 Å². The molecule has 2 aromatic carbocycles. The molecule has 1 saturated heterocycles. The van der Waals surface area contributed by atoms with E-state index in [1.54, 1.807) is 31.4 Å². The highest BCUT2D eigenvalue weighted by Gasteiger charge is 2.24. The largest absolute Gasteiger partial charge is 0.495 e. The van der Waals surface area contributed by atoms with Crippen LogP contribution in [0.1, 0.15) is 37.7 Å². The molecule has 1 fully saturated rings. The van der Waals surface area contributed by atoms with Gasteiger partial charge in [-0.3, -0.25) is 9.59 Å². The van der Waals surface area contributed by atoms with Gasteiger partial charge in [-0.25, -0.2) is 4.39 Å². The Hall–Kier alpha value is -2.60. The number of nitrogens with zero attached hydrogens (tertiary/aromatic N) is 1.